The van der Waals surface area contributed by atoms with Crippen LogP contribution >= 0.6 is 11.6 Å². The minimum Gasteiger partial charge on any atom is -0.464 e. The van der Waals surface area contributed by atoms with Crippen molar-refractivity contribution in [3.05, 3.63) is 57.4 Å². The third-order valence-corrected chi connectivity index (χ3v) is 5.44. The molecule has 1 aromatic heterocycles. The fourth-order valence-corrected chi connectivity index (χ4v) is 3.77. The van der Waals surface area contributed by atoms with Crippen molar-refractivity contribution in [1.29, 1.82) is 0 Å². The highest BCUT2D eigenvalue weighted by atomic mass is 35.5. The first-order valence-corrected chi connectivity index (χ1v) is 10.2. The van der Waals surface area contributed by atoms with Gasteiger partial charge in [-0.05, 0) is 71.4 Å². The third kappa shape index (κ3) is 4.59. The normalized spacial score (nSPS) is 11.3. The van der Waals surface area contributed by atoms with Crippen molar-refractivity contribution in [3.8, 4) is 0 Å². The number of ketones is 1. The molecule has 7 heteroatoms. The summed E-state index contributed by atoms with van der Waals surface area (Å²) in [6, 6.07) is 6.59. The first kappa shape index (κ1) is 23.7. The van der Waals surface area contributed by atoms with Crippen LogP contribution in [-0.2, 0) is 11.3 Å². The number of ether oxygens (including phenoxy) is 1. The maximum atomic E-state index is 13.3. The number of nitrogens with zero attached hydrogens (tertiary/aromatic N) is 2. The number of halogens is 1. The summed E-state index contributed by atoms with van der Waals surface area (Å²) >= 11 is 5.93. The van der Waals surface area contributed by atoms with Crippen molar-refractivity contribution in [1.82, 2.24) is 9.47 Å². The quantitative estimate of drug-likeness (QED) is 0.490. The molecule has 0 atom stereocenters. The molecule has 2 aromatic rings. The van der Waals surface area contributed by atoms with E-state index in [0.29, 0.717) is 39.6 Å². The van der Waals surface area contributed by atoms with Crippen LogP contribution in [0.2, 0.25) is 5.02 Å². The molecule has 0 unspecified atom stereocenters. The van der Waals surface area contributed by atoms with Gasteiger partial charge in [-0.15, -0.1) is 0 Å². The summed E-state index contributed by atoms with van der Waals surface area (Å²) in [6.45, 7) is 11.5. The second-order valence-electron chi connectivity index (χ2n) is 8.16. The van der Waals surface area contributed by atoms with E-state index in [-0.39, 0.29) is 18.2 Å². The number of hydrogen-bond donors (Lipinski definition) is 0. The van der Waals surface area contributed by atoms with Gasteiger partial charge in [0.25, 0.3) is 5.91 Å². The minimum absolute atomic E-state index is 0.110. The minimum atomic E-state index is -0.591. The van der Waals surface area contributed by atoms with Crippen LogP contribution < -0.4 is 0 Å². The molecular formula is C23H29ClN2O4. The van der Waals surface area contributed by atoms with Crippen molar-refractivity contribution in [2.45, 2.75) is 53.6 Å². The molecule has 1 heterocycles. The molecule has 2 rings (SSSR count). The molecule has 0 saturated heterocycles. The number of carbonyl (C=O) groups excluding carboxylic acids is 3. The molecule has 0 spiro atoms. The summed E-state index contributed by atoms with van der Waals surface area (Å²) in [5.74, 6) is -0.966. The first-order valence-electron chi connectivity index (χ1n) is 9.82. The Kier molecular flexibility index (Phi) is 7.14. The highest BCUT2D eigenvalue weighted by Crippen LogP contribution is 2.26. The van der Waals surface area contributed by atoms with Gasteiger partial charge in [-0.1, -0.05) is 11.6 Å². The van der Waals surface area contributed by atoms with E-state index in [1.165, 1.54) is 7.11 Å². The molecule has 0 saturated carbocycles. The van der Waals surface area contributed by atoms with E-state index in [9.17, 15) is 14.4 Å². The largest absolute Gasteiger partial charge is 0.464 e. The molecule has 0 aliphatic carbocycles. The molecule has 1 amide bonds. The number of aromatic nitrogens is 1. The number of amides is 1. The Morgan fingerprint density at radius 3 is 2.13 bits per heavy atom. The Morgan fingerprint density at radius 1 is 1.10 bits per heavy atom. The lowest BCUT2D eigenvalue weighted by atomic mass is 10.00. The Morgan fingerprint density at radius 2 is 1.67 bits per heavy atom. The van der Waals surface area contributed by atoms with Crippen molar-refractivity contribution in [2.24, 2.45) is 0 Å². The second kappa shape index (κ2) is 9.04. The van der Waals surface area contributed by atoms with Gasteiger partial charge < -0.3 is 14.2 Å². The highest BCUT2D eigenvalue weighted by molar-refractivity contribution is 6.30. The van der Waals surface area contributed by atoms with Crippen LogP contribution in [0.15, 0.2) is 24.3 Å². The molecule has 30 heavy (non-hydrogen) atoms. The van der Waals surface area contributed by atoms with Gasteiger partial charge >= 0.3 is 5.97 Å². The van der Waals surface area contributed by atoms with E-state index in [0.717, 1.165) is 0 Å². The Bertz CT molecular complexity index is 969. The van der Waals surface area contributed by atoms with Gasteiger partial charge in [0.05, 0.1) is 13.7 Å². The van der Waals surface area contributed by atoms with E-state index >= 15 is 0 Å². The number of hydrogen-bond acceptors (Lipinski definition) is 4. The maximum absolute atomic E-state index is 13.3. The Labute approximate surface area is 182 Å². The van der Waals surface area contributed by atoms with Gasteiger partial charge in [-0.3, -0.25) is 9.59 Å². The molecule has 1 aromatic carbocycles. The molecule has 0 N–H and O–H groups in total. The van der Waals surface area contributed by atoms with Crippen LogP contribution in [0.1, 0.15) is 70.2 Å². The van der Waals surface area contributed by atoms with Gasteiger partial charge in [0.1, 0.15) is 5.69 Å². The summed E-state index contributed by atoms with van der Waals surface area (Å²) in [5.41, 5.74) is 1.94. The van der Waals surface area contributed by atoms with Crippen molar-refractivity contribution < 1.29 is 19.1 Å². The molecule has 0 aliphatic rings. The zero-order valence-corrected chi connectivity index (χ0v) is 19.4. The monoisotopic (exact) mass is 432 g/mol. The highest BCUT2D eigenvalue weighted by Gasteiger charge is 2.32. The van der Waals surface area contributed by atoms with Crippen molar-refractivity contribution in [2.75, 3.05) is 13.7 Å². The summed E-state index contributed by atoms with van der Waals surface area (Å²) in [6.07, 6.45) is 0. The number of Topliss-reactive ketones (excluding diaryl/α,β-unsaturated/α-hetero) is 1. The fourth-order valence-electron chi connectivity index (χ4n) is 3.65. The molecule has 0 bridgehead atoms. The third-order valence-electron chi connectivity index (χ3n) is 5.19. The van der Waals surface area contributed by atoms with E-state index in [2.05, 4.69) is 0 Å². The van der Waals surface area contributed by atoms with Gasteiger partial charge in [0, 0.05) is 33.9 Å². The number of esters is 1. The lowest BCUT2D eigenvalue weighted by Crippen LogP contribution is -2.48. The topological polar surface area (TPSA) is 68.6 Å². The zero-order chi connectivity index (χ0) is 22.8. The molecular weight excluding hydrogens is 404 g/mol. The van der Waals surface area contributed by atoms with Crippen LogP contribution in [0.5, 0.6) is 0 Å². The predicted octanol–water partition coefficient (Wildman–Crippen LogP) is 4.69. The maximum Gasteiger partial charge on any atom is 0.354 e. The Hall–Kier alpha value is -2.60. The number of rotatable bonds is 6. The van der Waals surface area contributed by atoms with E-state index in [1.54, 1.807) is 47.6 Å². The van der Waals surface area contributed by atoms with Gasteiger partial charge in [-0.2, -0.15) is 0 Å². The summed E-state index contributed by atoms with van der Waals surface area (Å²) < 4.78 is 6.68. The summed E-state index contributed by atoms with van der Waals surface area (Å²) in [7, 11) is 1.32. The summed E-state index contributed by atoms with van der Waals surface area (Å²) in [4.78, 5) is 40.3. The lowest BCUT2D eigenvalue weighted by Gasteiger charge is -2.35. The first-order chi connectivity index (χ1) is 13.9. The van der Waals surface area contributed by atoms with E-state index < -0.39 is 11.5 Å². The lowest BCUT2D eigenvalue weighted by molar-refractivity contribution is 0.0546. The SMILES string of the molecule is CCn1c(C)c(C(=O)CN(C(=O)c2ccc(Cl)cc2)C(C)(C)C)c(C)c1C(=O)OC. The van der Waals surface area contributed by atoms with Gasteiger partial charge in [0.2, 0.25) is 0 Å². The molecule has 162 valence electrons. The van der Waals surface area contributed by atoms with Gasteiger partial charge in [-0.25, -0.2) is 4.79 Å². The smallest absolute Gasteiger partial charge is 0.354 e. The van der Waals surface area contributed by atoms with Crippen LogP contribution in [-0.4, -0.2) is 46.3 Å². The van der Waals surface area contributed by atoms with E-state index in [4.69, 9.17) is 16.3 Å². The number of methoxy groups -OCH3 is 1. The predicted molar refractivity (Wildman–Crippen MR) is 117 cm³/mol. The van der Waals surface area contributed by atoms with E-state index in [1.807, 2.05) is 27.7 Å². The number of carbonyl (C=O) groups is 3. The number of benzene rings is 1. The molecule has 0 aliphatic heterocycles. The molecule has 0 radical (unpaired) electrons. The van der Waals surface area contributed by atoms with Crippen molar-refractivity contribution in [3.63, 3.8) is 0 Å². The van der Waals surface area contributed by atoms with Crippen LogP contribution in [0.4, 0.5) is 0 Å². The molecule has 6 nitrogen and oxygen atoms in total. The van der Waals surface area contributed by atoms with Crippen LogP contribution in [0.25, 0.3) is 0 Å². The average Bonchev–Trinajstić information content (AvgIpc) is 2.94. The standard InChI is InChI=1S/C23H29ClN2O4/c1-8-25-15(3)19(14(2)20(25)22(29)30-7)18(27)13-26(23(4,5)6)21(28)16-9-11-17(24)12-10-16/h9-12H,8,13H2,1-7H3. The van der Waals surface area contributed by atoms with Crippen LogP contribution in [0.3, 0.4) is 0 Å². The van der Waals surface area contributed by atoms with Crippen molar-refractivity contribution >= 4 is 29.3 Å². The molecule has 0 fully saturated rings. The Balaban J connectivity index is 2.46. The van der Waals surface area contributed by atoms with Crippen LogP contribution in [0, 0.1) is 13.8 Å². The second-order valence-corrected chi connectivity index (χ2v) is 8.60. The zero-order valence-electron chi connectivity index (χ0n) is 18.6. The average molecular weight is 433 g/mol. The summed E-state index contributed by atoms with van der Waals surface area (Å²) in [5, 5.41) is 0.535. The fraction of sp³-hybridized carbons (Fsp3) is 0.435. The van der Waals surface area contributed by atoms with Gasteiger partial charge in [0.15, 0.2) is 5.78 Å².